The summed E-state index contributed by atoms with van der Waals surface area (Å²) in [5, 5.41) is 0. The fraction of sp³-hybridized carbons (Fsp3) is 0.235. The van der Waals surface area contributed by atoms with Gasteiger partial charge in [-0.3, -0.25) is 14.6 Å². The largest absolute Gasteiger partial charge is 0.484 e. The van der Waals surface area contributed by atoms with Crippen LogP contribution in [-0.2, 0) is 26.2 Å². The van der Waals surface area contributed by atoms with Crippen LogP contribution in [0.15, 0.2) is 47.5 Å². The van der Waals surface area contributed by atoms with E-state index in [9.17, 15) is 31.2 Å². The normalized spacial score (nSPS) is 11.6. The number of carbonyl (C=O) groups is 2. The lowest BCUT2D eigenvalue weighted by Crippen LogP contribution is -2.30. The molecule has 29 heavy (non-hydrogen) atoms. The number of ether oxygens (including phenoxy) is 2. The molecule has 8 nitrogen and oxygen atoms in total. The number of benzene rings is 1. The van der Waals surface area contributed by atoms with E-state index in [2.05, 4.69) is 9.72 Å². The van der Waals surface area contributed by atoms with Gasteiger partial charge in [-0.25, -0.2) is 13.1 Å². The summed E-state index contributed by atoms with van der Waals surface area (Å²) in [6, 6.07) is 6.76. The van der Waals surface area contributed by atoms with Gasteiger partial charge in [-0.05, 0) is 36.4 Å². The quantitative estimate of drug-likeness (QED) is 0.668. The summed E-state index contributed by atoms with van der Waals surface area (Å²) in [5.41, 5.74) is 0.291. The van der Waals surface area contributed by atoms with E-state index in [1.165, 1.54) is 19.1 Å². The molecule has 2 rings (SSSR count). The summed E-state index contributed by atoms with van der Waals surface area (Å²) in [5.74, 6) is -1.65. The first kappa shape index (κ1) is 22.1. The first-order valence-electron chi connectivity index (χ1n) is 7.91. The number of carbonyl (C=O) groups excluding carboxylic acids is 2. The number of nitrogens with one attached hydrogen (secondary N) is 1. The molecule has 0 atom stereocenters. The SMILES string of the molecule is CC(=O)OCc1ccc(C(=O)NS(=O)(=O)c2ccc(OCC(F)(F)F)cc2)cn1. The van der Waals surface area contributed by atoms with E-state index in [0.717, 1.165) is 30.5 Å². The smallest absolute Gasteiger partial charge is 0.422 e. The number of aromatic nitrogens is 1. The van der Waals surface area contributed by atoms with Crippen LogP contribution in [0.4, 0.5) is 13.2 Å². The Hall–Kier alpha value is -3.15. The summed E-state index contributed by atoms with van der Waals surface area (Å²) in [4.78, 5) is 26.4. The molecule has 0 saturated heterocycles. The minimum absolute atomic E-state index is 0.0646. The van der Waals surface area contributed by atoms with E-state index in [4.69, 9.17) is 4.74 Å². The van der Waals surface area contributed by atoms with E-state index in [1.807, 2.05) is 4.72 Å². The van der Waals surface area contributed by atoms with Crippen molar-refractivity contribution >= 4 is 21.9 Å². The van der Waals surface area contributed by atoms with Crippen LogP contribution in [0.2, 0.25) is 0 Å². The van der Waals surface area contributed by atoms with Crippen LogP contribution in [0.25, 0.3) is 0 Å². The molecule has 1 amide bonds. The molecule has 0 spiro atoms. The second-order valence-electron chi connectivity index (χ2n) is 5.63. The Kier molecular flexibility index (Phi) is 6.80. The molecule has 0 fully saturated rings. The Labute approximate surface area is 163 Å². The third kappa shape index (κ3) is 7.07. The lowest BCUT2D eigenvalue weighted by molar-refractivity contribution is -0.153. The Morgan fingerprint density at radius 2 is 1.76 bits per heavy atom. The molecule has 0 unspecified atom stereocenters. The van der Waals surface area contributed by atoms with Crippen LogP contribution in [0.5, 0.6) is 5.75 Å². The number of sulfonamides is 1. The molecule has 0 bridgehead atoms. The number of pyridine rings is 1. The van der Waals surface area contributed by atoms with Crippen LogP contribution in [-0.4, -0.2) is 38.1 Å². The van der Waals surface area contributed by atoms with Crippen LogP contribution in [0.3, 0.4) is 0 Å². The predicted octanol–water partition coefficient (Wildman–Crippen LogP) is 2.20. The maximum Gasteiger partial charge on any atom is 0.422 e. The molecule has 2 aromatic rings. The van der Waals surface area contributed by atoms with Gasteiger partial charge in [0.05, 0.1) is 16.2 Å². The minimum Gasteiger partial charge on any atom is -0.484 e. The van der Waals surface area contributed by atoms with Crippen molar-refractivity contribution in [2.24, 2.45) is 0 Å². The van der Waals surface area contributed by atoms with Crippen molar-refractivity contribution in [3.63, 3.8) is 0 Å². The lowest BCUT2D eigenvalue weighted by atomic mass is 10.2. The van der Waals surface area contributed by atoms with Gasteiger partial charge in [-0.1, -0.05) is 0 Å². The molecule has 12 heteroatoms. The molecule has 1 aromatic carbocycles. The summed E-state index contributed by atoms with van der Waals surface area (Å²) in [7, 11) is -4.27. The van der Waals surface area contributed by atoms with Crippen molar-refractivity contribution < 1.29 is 40.7 Å². The van der Waals surface area contributed by atoms with Gasteiger partial charge in [0, 0.05) is 13.1 Å². The summed E-state index contributed by atoms with van der Waals surface area (Å²) in [6.45, 7) is -0.393. The Bertz CT molecular complexity index is 974. The number of alkyl halides is 3. The Morgan fingerprint density at radius 3 is 2.28 bits per heavy atom. The predicted molar refractivity (Wildman–Crippen MR) is 92.4 cm³/mol. The second-order valence-corrected chi connectivity index (χ2v) is 7.31. The molecule has 1 N–H and O–H groups in total. The third-order valence-electron chi connectivity index (χ3n) is 3.27. The van der Waals surface area contributed by atoms with E-state index in [1.54, 1.807) is 0 Å². The first-order valence-corrected chi connectivity index (χ1v) is 9.40. The molecule has 0 aliphatic rings. The molecule has 156 valence electrons. The standard InChI is InChI=1S/C17H15F3N2O6S/c1-11(23)27-9-13-3-2-12(8-21-13)16(24)22-29(25,26)15-6-4-14(5-7-15)28-10-17(18,19)20/h2-8H,9-10H2,1H3,(H,22,24). The molecular formula is C17H15F3N2O6S. The van der Waals surface area contributed by atoms with Crippen LogP contribution >= 0.6 is 0 Å². The second kappa shape index (κ2) is 8.90. The van der Waals surface area contributed by atoms with Gasteiger partial charge in [0.2, 0.25) is 0 Å². The number of nitrogens with zero attached hydrogens (tertiary/aromatic N) is 1. The number of halogens is 3. The summed E-state index contributed by atoms with van der Waals surface area (Å²) >= 11 is 0. The van der Waals surface area contributed by atoms with Crippen molar-refractivity contribution in [1.29, 1.82) is 0 Å². The zero-order valence-corrected chi connectivity index (χ0v) is 15.7. The van der Waals surface area contributed by atoms with Gasteiger partial charge in [0.25, 0.3) is 15.9 Å². The third-order valence-corrected chi connectivity index (χ3v) is 4.62. The minimum atomic E-state index is -4.53. The first-order chi connectivity index (χ1) is 13.5. The Balaban J connectivity index is 2.02. The maximum absolute atomic E-state index is 12.3. The molecule has 0 saturated carbocycles. The molecular weight excluding hydrogens is 417 g/mol. The number of hydrogen-bond donors (Lipinski definition) is 1. The number of rotatable bonds is 7. The average molecular weight is 432 g/mol. The van der Waals surface area contributed by atoms with Crippen molar-refractivity contribution in [1.82, 2.24) is 9.71 Å². The fourth-order valence-corrected chi connectivity index (χ4v) is 2.91. The molecule has 0 aliphatic carbocycles. The van der Waals surface area contributed by atoms with Gasteiger partial charge in [0.15, 0.2) is 6.61 Å². The van der Waals surface area contributed by atoms with Crippen LogP contribution < -0.4 is 9.46 Å². The highest BCUT2D eigenvalue weighted by Crippen LogP contribution is 2.20. The van der Waals surface area contributed by atoms with Crippen LogP contribution in [0.1, 0.15) is 23.0 Å². The number of amides is 1. The maximum atomic E-state index is 12.3. The molecule has 0 aliphatic heterocycles. The molecule has 0 radical (unpaired) electrons. The van der Waals surface area contributed by atoms with E-state index in [0.29, 0.717) is 5.69 Å². The zero-order chi connectivity index (χ0) is 21.7. The van der Waals surface area contributed by atoms with Crippen LogP contribution in [0, 0.1) is 0 Å². The van der Waals surface area contributed by atoms with Gasteiger partial charge in [-0.15, -0.1) is 0 Å². The van der Waals surface area contributed by atoms with E-state index in [-0.39, 0.29) is 22.8 Å². The van der Waals surface area contributed by atoms with Crippen molar-refractivity contribution in [2.45, 2.75) is 24.6 Å². The van der Waals surface area contributed by atoms with Gasteiger partial charge >= 0.3 is 12.1 Å². The van der Waals surface area contributed by atoms with Crippen molar-refractivity contribution in [3.8, 4) is 5.75 Å². The molecule has 1 aromatic heterocycles. The lowest BCUT2D eigenvalue weighted by Gasteiger charge is -2.10. The monoisotopic (exact) mass is 432 g/mol. The number of esters is 1. The highest BCUT2D eigenvalue weighted by atomic mass is 32.2. The average Bonchev–Trinajstić information content (AvgIpc) is 2.64. The van der Waals surface area contributed by atoms with E-state index < -0.39 is 34.7 Å². The summed E-state index contributed by atoms with van der Waals surface area (Å²) in [6.07, 6.45) is -3.42. The van der Waals surface area contributed by atoms with Gasteiger partial charge < -0.3 is 9.47 Å². The van der Waals surface area contributed by atoms with Crippen molar-refractivity contribution in [3.05, 3.63) is 53.9 Å². The van der Waals surface area contributed by atoms with Crippen molar-refractivity contribution in [2.75, 3.05) is 6.61 Å². The fourth-order valence-electron chi connectivity index (χ4n) is 1.94. The van der Waals surface area contributed by atoms with E-state index >= 15 is 0 Å². The topological polar surface area (TPSA) is 112 Å². The zero-order valence-electron chi connectivity index (χ0n) is 14.9. The highest BCUT2D eigenvalue weighted by molar-refractivity contribution is 7.90. The van der Waals surface area contributed by atoms with Gasteiger partial charge in [0.1, 0.15) is 12.4 Å². The highest BCUT2D eigenvalue weighted by Gasteiger charge is 2.28. The Morgan fingerprint density at radius 1 is 1.10 bits per heavy atom. The van der Waals surface area contributed by atoms with Gasteiger partial charge in [-0.2, -0.15) is 13.2 Å². The number of hydrogen-bond acceptors (Lipinski definition) is 7. The summed E-state index contributed by atoms with van der Waals surface area (Å²) < 4.78 is 71.9. The molecule has 1 heterocycles.